The van der Waals surface area contributed by atoms with Gasteiger partial charge < -0.3 is 4.74 Å². The molecule has 0 saturated heterocycles. The van der Waals surface area contributed by atoms with Gasteiger partial charge in [-0.2, -0.15) is 0 Å². The fourth-order valence-electron chi connectivity index (χ4n) is 1.46. The Balaban J connectivity index is 2.11. The van der Waals surface area contributed by atoms with Gasteiger partial charge in [-0.05, 0) is 26.3 Å². The van der Waals surface area contributed by atoms with Crippen molar-refractivity contribution in [3.05, 3.63) is 23.5 Å². The van der Waals surface area contributed by atoms with E-state index in [1.54, 1.807) is 18.6 Å². The Kier molecular flexibility index (Phi) is 2.50. The molecule has 0 aromatic rings. The third kappa shape index (κ3) is 2.27. The zero-order valence-electron chi connectivity index (χ0n) is 9.65. The SMILES string of the molecule is CC(C)(C)OC(=O)C1=NC=C2C=NC=C2C1. The summed E-state index contributed by atoms with van der Waals surface area (Å²) in [4.78, 5) is 19.9. The molecule has 16 heavy (non-hydrogen) atoms. The van der Waals surface area contributed by atoms with Gasteiger partial charge in [-0.15, -0.1) is 0 Å². The van der Waals surface area contributed by atoms with Crippen LogP contribution in [0.25, 0.3) is 0 Å². The van der Waals surface area contributed by atoms with Gasteiger partial charge in [0.15, 0.2) is 0 Å². The van der Waals surface area contributed by atoms with Crippen LogP contribution in [0.4, 0.5) is 0 Å². The number of rotatable bonds is 1. The first-order valence-electron chi connectivity index (χ1n) is 5.18. The number of carbonyl (C=O) groups excluding carboxylic acids is 1. The van der Waals surface area contributed by atoms with Crippen molar-refractivity contribution in [1.29, 1.82) is 0 Å². The van der Waals surface area contributed by atoms with Gasteiger partial charge in [0.1, 0.15) is 11.3 Å². The molecule has 0 aliphatic carbocycles. The molecule has 2 aliphatic rings. The molecule has 0 radical (unpaired) electrons. The summed E-state index contributed by atoms with van der Waals surface area (Å²) in [5.41, 5.74) is 1.96. The van der Waals surface area contributed by atoms with Crippen molar-refractivity contribution in [2.75, 3.05) is 0 Å². The van der Waals surface area contributed by atoms with Gasteiger partial charge in [-0.25, -0.2) is 4.79 Å². The van der Waals surface area contributed by atoms with Crippen molar-refractivity contribution in [2.45, 2.75) is 32.8 Å². The van der Waals surface area contributed by atoms with Crippen molar-refractivity contribution >= 4 is 17.9 Å². The van der Waals surface area contributed by atoms with Crippen LogP contribution in [0.1, 0.15) is 27.2 Å². The van der Waals surface area contributed by atoms with E-state index in [1.807, 2.05) is 20.8 Å². The lowest BCUT2D eigenvalue weighted by atomic mass is 10.0. The molecule has 2 rings (SSSR count). The first-order valence-corrected chi connectivity index (χ1v) is 5.18. The third-order valence-corrected chi connectivity index (χ3v) is 2.17. The summed E-state index contributed by atoms with van der Waals surface area (Å²) in [5, 5.41) is 0. The molecule has 0 N–H and O–H groups in total. The van der Waals surface area contributed by atoms with E-state index in [-0.39, 0.29) is 5.97 Å². The predicted molar refractivity (Wildman–Crippen MR) is 62.6 cm³/mol. The number of carbonyl (C=O) groups is 1. The van der Waals surface area contributed by atoms with Gasteiger partial charge in [-0.3, -0.25) is 9.98 Å². The maximum atomic E-state index is 11.8. The molecule has 0 atom stereocenters. The summed E-state index contributed by atoms with van der Waals surface area (Å²) in [5.74, 6) is -0.351. The normalized spacial score (nSPS) is 18.6. The molecule has 0 fully saturated rings. The predicted octanol–water partition coefficient (Wildman–Crippen LogP) is 2.02. The van der Waals surface area contributed by atoms with Crippen molar-refractivity contribution in [2.24, 2.45) is 9.98 Å². The number of nitrogens with zero attached hydrogens (tertiary/aromatic N) is 2. The van der Waals surface area contributed by atoms with Gasteiger partial charge in [0.05, 0.1) is 0 Å². The topological polar surface area (TPSA) is 51.0 Å². The molecule has 0 aromatic heterocycles. The van der Waals surface area contributed by atoms with Crippen LogP contribution in [0.2, 0.25) is 0 Å². The first-order chi connectivity index (χ1) is 7.46. The Labute approximate surface area is 94.4 Å². The number of allylic oxidation sites excluding steroid dienone is 2. The molecule has 4 heteroatoms. The van der Waals surface area contributed by atoms with E-state index in [0.29, 0.717) is 12.1 Å². The van der Waals surface area contributed by atoms with Gasteiger partial charge in [0.2, 0.25) is 0 Å². The molecule has 0 aromatic carbocycles. The maximum Gasteiger partial charge on any atom is 0.353 e. The van der Waals surface area contributed by atoms with Crippen LogP contribution >= 0.6 is 0 Å². The second-order valence-electron chi connectivity index (χ2n) is 4.77. The van der Waals surface area contributed by atoms with Crippen LogP contribution in [-0.2, 0) is 9.53 Å². The lowest BCUT2D eigenvalue weighted by Crippen LogP contribution is -2.29. The number of esters is 1. The monoisotopic (exact) mass is 218 g/mol. The average molecular weight is 218 g/mol. The van der Waals surface area contributed by atoms with E-state index < -0.39 is 5.60 Å². The number of fused-ring (bicyclic) bond motifs is 1. The summed E-state index contributed by atoms with van der Waals surface area (Å²) in [7, 11) is 0. The van der Waals surface area contributed by atoms with Crippen molar-refractivity contribution in [3.63, 3.8) is 0 Å². The quantitative estimate of drug-likeness (QED) is 0.632. The second-order valence-corrected chi connectivity index (χ2v) is 4.77. The molecular weight excluding hydrogens is 204 g/mol. The first kappa shape index (κ1) is 10.8. The highest BCUT2D eigenvalue weighted by Gasteiger charge is 2.25. The summed E-state index contributed by atoms with van der Waals surface area (Å²) in [6.45, 7) is 5.52. The summed E-state index contributed by atoms with van der Waals surface area (Å²) in [6.07, 6.45) is 5.65. The van der Waals surface area contributed by atoms with Crippen LogP contribution < -0.4 is 0 Å². The maximum absolute atomic E-state index is 11.8. The van der Waals surface area contributed by atoms with E-state index in [0.717, 1.165) is 11.1 Å². The Morgan fingerprint density at radius 3 is 2.81 bits per heavy atom. The van der Waals surface area contributed by atoms with Crippen molar-refractivity contribution in [1.82, 2.24) is 0 Å². The van der Waals surface area contributed by atoms with Crippen molar-refractivity contribution in [3.8, 4) is 0 Å². The van der Waals surface area contributed by atoms with Crippen LogP contribution in [0.5, 0.6) is 0 Å². The number of hydrogen-bond acceptors (Lipinski definition) is 4. The molecule has 0 amide bonds. The van der Waals surface area contributed by atoms with Crippen molar-refractivity contribution < 1.29 is 9.53 Å². The van der Waals surface area contributed by atoms with Gasteiger partial charge >= 0.3 is 5.97 Å². The highest BCUT2D eigenvalue weighted by molar-refractivity contribution is 6.38. The summed E-state index contributed by atoms with van der Waals surface area (Å²) in [6, 6.07) is 0. The molecule has 0 unspecified atom stereocenters. The minimum atomic E-state index is -0.482. The van der Waals surface area contributed by atoms with E-state index in [4.69, 9.17) is 4.74 Å². The molecule has 84 valence electrons. The van der Waals surface area contributed by atoms with Gasteiger partial charge in [0.25, 0.3) is 0 Å². The average Bonchev–Trinajstić information content (AvgIpc) is 2.61. The zero-order chi connectivity index (χ0) is 11.8. The molecule has 2 heterocycles. The molecule has 0 spiro atoms. The van der Waals surface area contributed by atoms with E-state index in [2.05, 4.69) is 9.98 Å². The van der Waals surface area contributed by atoms with E-state index in [9.17, 15) is 4.79 Å². The summed E-state index contributed by atoms with van der Waals surface area (Å²) >= 11 is 0. The number of aliphatic imine (C=N–C) groups is 2. The minimum Gasteiger partial charge on any atom is -0.455 e. The molecule has 2 aliphatic heterocycles. The molecular formula is C12H14N2O2. The molecule has 4 nitrogen and oxygen atoms in total. The standard InChI is InChI=1S/C12H14N2O2/c1-12(2,3)16-11(15)10-4-8-5-13-6-9(8)7-14-10/h5-7H,4H2,1-3H3. The molecule has 0 saturated carbocycles. The second kappa shape index (κ2) is 3.70. The highest BCUT2D eigenvalue weighted by atomic mass is 16.6. The number of ether oxygens (including phenoxy) is 1. The van der Waals surface area contributed by atoms with E-state index >= 15 is 0 Å². The van der Waals surface area contributed by atoms with Crippen LogP contribution in [0.15, 0.2) is 33.5 Å². The third-order valence-electron chi connectivity index (χ3n) is 2.17. The van der Waals surface area contributed by atoms with Crippen LogP contribution in [0.3, 0.4) is 0 Å². The van der Waals surface area contributed by atoms with E-state index in [1.165, 1.54) is 0 Å². The lowest BCUT2D eigenvalue weighted by Gasteiger charge is -2.21. The lowest BCUT2D eigenvalue weighted by molar-refractivity contribution is -0.146. The largest absolute Gasteiger partial charge is 0.455 e. The zero-order valence-corrected chi connectivity index (χ0v) is 9.65. The Morgan fingerprint density at radius 2 is 2.12 bits per heavy atom. The Bertz CT molecular complexity index is 448. The smallest absolute Gasteiger partial charge is 0.353 e. The number of hydrogen-bond donors (Lipinski definition) is 0. The fourth-order valence-corrected chi connectivity index (χ4v) is 1.46. The minimum absolute atomic E-state index is 0.351. The summed E-state index contributed by atoms with van der Waals surface area (Å²) < 4.78 is 5.26. The van der Waals surface area contributed by atoms with Crippen LogP contribution in [-0.4, -0.2) is 23.5 Å². The molecule has 0 bridgehead atoms. The van der Waals surface area contributed by atoms with Gasteiger partial charge in [-0.1, -0.05) is 0 Å². The van der Waals surface area contributed by atoms with Gasteiger partial charge in [0, 0.05) is 30.6 Å². The highest BCUT2D eigenvalue weighted by Crippen LogP contribution is 2.23. The fraction of sp³-hybridized carbons (Fsp3) is 0.417. The Morgan fingerprint density at radius 1 is 1.38 bits per heavy atom. The Hall–Kier alpha value is -1.71. The van der Waals surface area contributed by atoms with Crippen LogP contribution in [0, 0.1) is 0 Å².